The number of methoxy groups -OCH3 is 2. The fourth-order valence-electron chi connectivity index (χ4n) is 4.37. The summed E-state index contributed by atoms with van der Waals surface area (Å²) in [5.74, 6) is 1.50. The van der Waals surface area contributed by atoms with Gasteiger partial charge in [-0.25, -0.2) is 14.2 Å². The van der Waals surface area contributed by atoms with Crippen molar-refractivity contribution in [2.24, 2.45) is 0 Å². The van der Waals surface area contributed by atoms with E-state index in [9.17, 15) is 14.3 Å². The van der Waals surface area contributed by atoms with Gasteiger partial charge in [-0.1, -0.05) is 12.1 Å². The lowest BCUT2D eigenvalue weighted by Gasteiger charge is -2.19. The summed E-state index contributed by atoms with van der Waals surface area (Å²) in [5, 5.41) is 11.9. The smallest absolute Gasteiger partial charge is 0.407 e. The van der Waals surface area contributed by atoms with Gasteiger partial charge in [-0.15, -0.1) is 0 Å². The summed E-state index contributed by atoms with van der Waals surface area (Å²) in [6.45, 7) is 0.295. The van der Waals surface area contributed by atoms with Crippen LogP contribution >= 0.6 is 0 Å². The van der Waals surface area contributed by atoms with E-state index in [4.69, 9.17) is 19.9 Å². The fraction of sp³-hybridized carbons (Fsp3) is 0.172. The quantitative estimate of drug-likeness (QED) is 0.242. The van der Waals surface area contributed by atoms with Gasteiger partial charge < -0.3 is 30.0 Å². The van der Waals surface area contributed by atoms with Crippen molar-refractivity contribution in [3.63, 3.8) is 0 Å². The second kappa shape index (κ2) is 11.3. The summed E-state index contributed by atoms with van der Waals surface area (Å²) in [6.07, 6.45) is 3.75. The first-order chi connectivity index (χ1) is 19.4. The molecule has 0 aliphatic carbocycles. The summed E-state index contributed by atoms with van der Waals surface area (Å²) >= 11 is 0. The largest absolute Gasteiger partial charge is 0.493 e. The summed E-state index contributed by atoms with van der Waals surface area (Å²) in [6, 6.07) is 13.0. The number of ether oxygens (including phenoxy) is 3. The number of carboxylic acid groups (broad SMARTS) is 1. The predicted octanol–water partition coefficient (Wildman–Crippen LogP) is 5.14. The molecule has 0 spiro atoms. The number of nitrogens with two attached hydrogens (primary N) is 1. The van der Waals surface area contributed by atoms with Crippen LogP contribution in [0.2, 0.25) is 0 Å². The fourth-order valence-corrected chi connectivity index (χ4v) is 4.37. The molecule has 0 aliphatic heterocycles. The normalized spacial score (nSPS) is 11.0. The van der Waals surface area contributed by atoms with E-state index in [1.807, 2.05) is 12.1 Å². The summed E-state index contributed by atoms with van der Waals surface area (Å²) in [4.78, 5) is 26.2. The molecule has 2 aromatic carbocycles. The number of hydrogen-bond donors (Lipinski definition) is 2. The molecule has 0 radical (unpaired) electrons. The first-order valence-electron chi connectivity index (χ1n) is 12.3. The van der Waals surface area contributed by atoms with Crippen molar-refractivity contribution in [1.82, 2.24) is 19.9 Å². The third kappa shape index (κ3) is 5.48. The van der Waals surface area contributed by atoms with Gasteiger partial charge in [0.05, 0.1) is 38.2 Å². The van der Waals surface area contributed by atoms with Crippen molar-refractivity contribution < 1.29 is 28.5 Å². The van der Waals surface area contributed by atoms with Gasteiger partial charge in [0.2, 0.25) is 0 Å². The summed E-state index contributed by atoms with van der Waals surface area (Å²) < 4.78 is 29.9. The molecular formula is C29H26FN5O5. The molecule has 40 heavy (non-hydrogen) atoms. The molecule has 0 fully saturated rings. The van der Waals surface area contributed by atoms with Crippen molar-refractivity contribution in [2.45, 2.75) is 6.54 Å². The number of aromatic nitrogens is 3. The van der Waals surface area contributed by atoms with E-state index in [2.05, 4.69) is 15.0 Å². The third-order valence-electron chi connectivity index (χ3n) is 6.41. The van der Waals surface area contributed by atoms with E-state index in [0.717, 1.165) is 10.8 Å². The maximum atomic E-state index is 13.2. The average molecular weight is 544 g/mol. The average Bonchev–Trinajstić information content (AvgIpc) is 2.96. The topological polar surface area (TPSA) is 133 Å². The van der Waals surface area contributed by atoms with Crippen molar-refractivity contribution in [3.8, 4) is 28.5 Å². The second-order valence-corrected chi connectivity index (χ2v) is 8.92. The lowest BCUT2D eigenvalue weighted by atomic mass is 10.0. The Hall–Kier alpha value is -5.19. The molecule has 0 saturated heterocycles. The van der Waals surface area contributed by atoms with Crippen LogP contribution in [-0.4, -0.2) is 58.4 Å². The van der Waals surface area contributed by atoms with Crippen molar-refractivity contribution >= 4 is 33.6 Å². The number of nitrogens with zero attached hydrogens (tertiary/aromatic N) is 4. The Bertz CT molecular complexity index is 1700. The van der Waals surface area contributed by atoms with E-state index in [1.165, 1.54) is 23.2 Å². The number of halogens is 1. The maximum absolute atomic E-state index is 13.2. The number of pyridine rings is 3. The number of anilines is 1. The van der Waals surface area contributed by atoms with Gasteiger partial charge in [0.15, 0.2) is 11.5 Å². The van der Waals surface area contributed by atoms with Crippen molar-refractivity contribution in [2.75, 3.05) is 33.1 Å². The molecule has 10 nitrogen and oxygen atoms in total. The molecule has 3 heterocycles. The van der Waals surface area contributed by atoms with Crippen LogP contribution < -0.4 is 19.9 Å². The Morgan fingerprint density at radius 1 is 0.975 bits per heavy atom. The highest BCUT2D eigenvalue weighted by Crippen LogP contribution is 2.37. The van der Waals surface area contributed by atoms with Crippen molar-refractivity contribution in [3.05, 3.63) is 78.5 Å². The zero-order valence-corrected chi connectivity index (χ0v) is 21.8. The number of hydrogen-bond acceptors (Lipinski definition) is 8. The minimum absolute atomic E-state index is 0.0872. The SMILES string of the molecule is COc1cc2ncc3c(N)nc(-c4cncc(OCCN(Cc5ccc(F)cc5)C(=O)O)c4)cc3c2cc1OC. The van der Waals surface area contributed by atoms with E-state index in [1.54, 1.807) is 50.9 Å². The van der Waals surface area contributed by atoms with Gasteiger partial charge in [0, 0.05) is 41.3 Å². The Morgan fingerprint density at radius 3 is 2.45 bits per heavy atom. The molecule has 5 aromatic rings. The first-order valence-corrected chi connectivity index (χ1v) is 12.3. The number of amides is 1. The zero-order chi connectivity index (χ0) is 28.2. The van der Waals surface area contributed by atoms with Crippen LogP contribution in [0.25, 0.3) is 32.9 Å². The molecule has 204 valence electrons. The van der Waals surface area contributed by atoms with Crippen LogP contribution in [0.5, 0.6) is 17.2 Å². The van der Waals surface area contributed by atoms with Crippen LogP contribution in [0.3, 0.4) is 0 Å². The molecule has 11 heteroatoms. The zero-order valence-electron chi connectivity index (χ0n) is 21.8. The molecule has 0 saturated carbocycles. The highest BCUT2D eigenvalue weighted by Gasteiger charge is 2.15. The molecule has 0 atom stereocenters. The van der Waals surface area contributed by atoms with Crippen LogP contribution in [0, 0.1) is 5.82 Å². The second-order valence-electron chi connectivity index (χ2n) is 8.92. The highest BCUT2D eigenvalue weighted by molar-refractivity contribution is 6.10. The van der Waals surface area contributed by atoms with E-state index in [-0.39, 0.29) is 25.5 Å². The van der Waals surface area contributed by atoms with Gasteiger partial charge in [0.25, 0.3) is 0 Å². The highest BCUT2D eigenvalue weighted by atomic mass is 19.1. The standard InChI is InChI=1S/C29H26FN5O5/c1-38-26-11-22-21-10-24(34-28(31)23(21)15-33-25(22)12-27(26)39-2)18-9-20(14-32-13-18)40-8-7-35(29(36)37)16-17-3-5-19(30)6-4-17/h3-6,9-15H,7-8,16H2,1-2H3,(H2,31,34)(H,36,37). The van der Waals surface area contributed by atoms with E-state index < -0.39 is 6.09 Å². The maximum Gasteiger partial charge on any atom is 0.407 e. The monoisotopic (exact) mass is 543 g/mol. The van der Waals surface area contributed by atoms with Crippen LogP contribution in [0.4, 0.5) is 15.0 Å². The molecule has 0 unspecified atom stereocenters. The Balaban J connectivity index is 1.38. The minimum Gasteiger partial charge on any atom is -0.493 e. The Labute approximate surface area is 228 Å². The first kappa shape index (κ1) is 26.4. The Morgan fingerprint density at radius 2 is 1.73 bits per heavy atom. The summed E-state index contributed by atoms with van der Waals surface area (Å²) in [7, 11) is 3.14. The molecule has 1 amide bonds. The van der Waals surface area contributed by atoms with Gasteiger partial charge in [-0.2, -0.15) is 0 Å². The van der Waals surface area contributed by atoms with Gasteiger partial charge in [-0.3, -0.25) is 9.97 Å². The Kier molecular flexibility index (Phi) is 7.45. The van der Waals surface area contributed by atoms with Crippen LogP contribution in [0.1, 0.15) is 5.56 Å². The predicted molar refractivity (Wildman–Crippen MR) is 148 cm³/mol. The lowest BCUT2D eigenvalue weighted by molar-refractivity contribution is 0.132. The van der Waals surface area contributed by atoms with Crippen LogP contribution in [-0.2, 0) is 6.54 Å². The van der Waals surface area contributed by atoms with E-state index >= 15 is 0 Å². The van der Waals surface area contributed by atoms with Crippen LogP contribution in [0.15, 0.2) is 67.1 Å². The molecular weight excluding hydrogens is 517 g/mol. The van der Waals surface area contributed by atoms with Gasteiger partial charge in [-0.05, 0) is 41.3 Å². The van der Waals surface area contributed by atoms with E-state index in [0.29, 0.717) is 50.8 Å². The number of benzene rings is 2. The summed E-state index contributed by atoms with van der Waals surface area (Å²) in [5.41, 5.74) is 8.95. The number of rotatable bonds is 9. The van der Waals surface area contributed by atoms with Gasteiger partial charge in [0.1, 0.15) is 24.0 Å². The van der Waals surface area contributed by atoms with Gasteiger partial charge >= 0.3 is 6.09 Å². The molecule has 0 aliphatic rings. The number of nitrogen functional groups attached to an aromatic ring is 1. The molecule has 3 N–H and O–H groups in total. The minimum atomic E-state index is -1.10. The molecule has 5 rings (SSSR count). The lowest BCUT2D eigenvalue weighted by Crippen LogP contribution is -2.32. The number of carbonyl (C=O) groups is 1. The number of fused-ring (bicyclic) bond motifs is 3. The molecule has 0 bridgehead atoms. The molecule has 3 aromatic heterocycles. The third-order valence-corrected chi connectivity index (χ3v) is 6.41. The van der Waals surface area contributed by atoms with Crippen molar-refractivity contribution in [1.29, 1.82) is 0 Å².